The van der Waals surface area contributed by atoms with Crippen LogP contribution in [-0.2, 0) is 14.3 Å². The van der Waals surface area contributed by atoms with E-state index in [4.69, 9.17) is 9.84 Å². The molecular formula is C28H36N2O5. The lowest BCUT2D eigenvalue weighted by molar-refractivity contribution is -0.137. The van der Waals surface area contributed by atoms with E-state index in [0.29, 0.717) is 25.8 Å². The molecule has 0 saturated carbocycles. The standard InChI is InChI=1S/C28H36N2O5/c1-4-9-24(26(33)29-17-16-28(2,3)15-14-25(31)32)30-27(34)35-18-23-21-12-7-5-10-19(21)20-11-6-8-13-22(20)23/h5-8,10-13,23-24H,4,9,14-18H2,1-3H3,(H,29,33)(H,30,34)(H,31,32)/t24-/m1/s1. The molecule has 0 aromatic heterocycles. The van der Waals surface area contributed by atoms with Crippen LogP contribution in [0, 0.1) is 5.41 Å². The first-order valence-corrected chi connectivity index (χ1v) is 12.3. The number of aliphatic carboxylic acids is 1. The smallest absolute Gasteiger partial charge is 0.407 e. The van der Waals surface area contributed by atoms with Crippen LogP contribution < -0.4 is 10.6 Å². The van der Waals surface area contributed by atoms with Gasteiger partial charge in [0.05, 0.1) is 0 Å². The number of carboxylic acids is 1. The minimum Gasteiger partial charge on any atom is -0.481 e. The Morgan fingerprint density at radius 1 is 1.00 bits per heavy atom. The van der Waals surface area contributed by atoms with Crippen LogP contribution in [0.25, 0.3) is 11.1 Å². The predicted octanol–water partition coefficient (Wildman–Crippen LogP) is 5.09. The maximum absolute atomic E-state index is 12.7. The van der Waals surface area contributed by atoms with Crippen molar-refractivity contribution in [1.82, 2.24) is 10.6 Å². The second-order valence-electron chi connectivity index (χ2n) is 9.91. The number of carbonyl (C=O) groups is 3. The van der Waals surface area contributed by atoms with Crippen molar-refractivity contribution in [3.05, 3.63) is 59.7 Å². The molecule has 0 fully saturated rings. The normalized spacial score (nSPS) is 13.5. The first-order chi connectivity index (χ1) is 16.7. The summed E-state index contributed by atoms with van der Waals surface area (Å²) in [6.07, 6.45) is 1.90. The number of alkyl carbamates (subject to hydrolysis) is 1. The Bertz CT molecular complexity index is 1000. The summed E-state index contributed by atoms with van der Waals surface area (Å²) in [6.45, 7) is 6.53. The van der Waals surface area contributed by atoms with Crippen LogP contribution in [-0.4, -0.2) is 42.3 Å². The van der Waals surface area contributed by atoms with Crippen LogP contribution in [0.4, 0.5) is 4.79 Å². The fraction of sp³-hybridized carbons (Fsp3) is 0.464. The topological polar surface area (TPSA) is 105 Å². The van der Waals surface area contributed by atoms with E-state index in [1.165, 1.54) is 0 Å². The molecule has 2 aromatic carbocycles. The quantitative estimate of drug-likeness (QED) is 0.392. The molecule has 0 aliphatic heterocycles. The summed E-state index contributed by atoms with van der Waals surface area (Å²) in [6, 6.07) is 15.6. The van der Waals surface area contributed by atoms with Gasteiger partial charge in [-0.1, -0.05) is 75.7 Å². The molecular weight excluding hydrogens is 444 g/mol. The highest BCUT2D eigenvalue weighted by atomic mass is 16.5. The zero-order valence-corrected chi connectivity index (χ0v) is 20.8. The van der Waals surface area contributed by atoms with E-state index in [0.717, 1.165) is 28.7 Å². The predicted molar refractivity (Wildman–Crippen MR) is 135 cm³/mol. The number of rotatable bonds is 12. The van der Waals surface area contributed by atoms with Crippen molar-refractivity contribution in [2.24, 2.45) is 5.41 Å². The van der Waals surface area contributed by atoms with Crippen molar-refractivity contribution in [3.8, 4) is 11.1 Å². The highest BCUT2D eigenvalue weighted by Gasteiger charge is 2.30. The van der Waals surface area contributed by atoms with E-state index in [2.05, 4.69) is 34.9 Å². The average molecular weight is 481 g/mol. The minimum atomic E-state index is -0.822. The Morgan fingerprint density at radius 2 is 1.60 bits per heavy atom. The largest absolute Gasteiger partial charge is 0.481 e. The van der Waals surface area contributed by atoms with Crippen LogP contribution in [0.2, 0.25) is 0 Å². The summed E-state index contributed by atoms with van der Waals surface area (Å²) in [5, 5.41) is 14.5. The lowest BCUT2D eigenvalue weighted by Crippen LogP contribution is -2.47. The monoisotopic (exact) mass is 480 g/mol. The third-order valence-electron chi connectivity index (χ3n) is 6.65. The second kappa shape index (κ2) is 11.9. The molecule has 1 atom stereocenters. The molecule has 2 aromatic rings. The molecule has 3 N–H and O–H groups in total. The fourth-order valence-electron chi connectivity index (χ4n) is 4.56. The molecule has 1 aliphatic rings. The van der Waals surface area contributed by atoms with E-state index < -0.39 is 18.1 Å². The molecule has 0 bridgehead atoms. The van der Waals surface area contributed by atoms with Gasteiger partial charge < -0.3 is 20.5 Å². The van der Waals surface area contributed by atoms with Crippen molar-refractivity contribution in [1.29, 1.82) is 0 Å². The third kappa shape index (κ3) is 7.07. The van der Waals surface area contributed by atoms with Crippen molar-refractivity contribution in [2.45, 2.75) is 64.8 Å². The molecule has 188 valence electrons. The van der Waals surface area contributed by atoms with E-state index in [1.54, 1.807) is 0 Å². The zero-order valence-electron chi connectivity index (χ0n) is 20.8. The third-order valence-corrected chi connectivity index (χ3v) is 6.65. The molecule has 0 unspecified atom stereocenters. The van der Waals surface area contributed by atoms with Crippen LogP contribution in [0.1, 0.15) is 69.9 Å². The van der Waals surface area contributed by atoms with Gasteiger partial charge >= 0.3 is 12.1 Å². The summed E-state index contributed by atoms with van der Waals surface area (Å²) >= 11 is 0. The minimum absolute atomic E-state index is 0.0420. The molecule has 0 heterocycles. The number of amides is 2. The SMILES string of the molecule is CCC[C@@H](NC(=O)OCC1c2ccccc2-c2ccccc21)C(=O)NCCC(C)(C)CCC(=O)O. The average Bonchev–Trinajstić information content (AvgIpc) is 3.15. The number of nitrogens with one attached hydrogen (secondary N) is 2. The number of hydrogen-bond donors (Lipinski definition) is 3. The van der Waals surface area contributed by atoms with Crippen LogP contribution in [0.5, 0.6) is 0 Å². The molecule has 0 radical (unpaired) electrons. The van der Waals surface area contributed by atoms with E-state index in [-0.39, 0.29) is 30.3 Å². The molecule has 7 heteroatoms. The van der Waals surface area contributed by atoms with Crippen molar-refractivity contribution < 1.29 is 24.2 Å². The highest BCUT2D eigenvalue weighted by molar-refractivity contribution is 5.85. The lowest BCUT2D eigenvalue weighted by Gasteiger charge is -2.25. The van der Waals surface area contributed by atoms with E-state index >= 15 is 0 Å². The number of benzene rings is 2. The number of ether oxygens (including phenoxy) is 1. The summed E-state index contributed by atoms with van der Waals surface area (Å²) in [7, 11) is 0. The van der Waals surface area contributed by atoms with Crippen LogP contribution in [0.3, 0.4) is 0 Å². The highest BCUT2D eigenvalue weighted by Crippen LogP contribution is 2.44. The lowest BCUT2D eigenvalue weighted by atomic mass is 9.84. The second-order valence-corrected chi connectivity index (χ2v) is 9.91. The Hall–Kier alpha value is -3.35. The summed E-state index contributed by atoms with van der Waals surface area (Å²) in [5.74, 6) is -1.12. The summed E-state index contributed by atoms with van der Waals surface area (Å²) in [5.41, 5.74) is 4.38. The number of fused-ring (bicyclic) bond motifs is 3. The van der Waals surface area contributed by atoms with Gasteiger partial charge in [0, 0.05) is 18.9 Å². The number of carbonyl (C=O) groups excluding carboxylic acids is 2. The molecule has 0 saturated heterocycles. The first kappa shape index (κ1) is 26.3. The Labute approximate surface area is 207 Å². The molecule has 7 nitrogen and oxygen atoms in total. The number of carboxylic acid groups (broad SMARTS) is 1. The Morgan fingerprint density at radius 3 is 2.17 bits per heavy atom. The van der Waals surface area contributed by atoms with E-state index in [1.807, 2.05) is 45.0 Å². The van der Waals surface area contributed by atoms with Gasteiger partial charge in [-0.25, -0.2) is 4.79 Å². The molecule has 1 aliphatic carbocycles. The maximum Gasteiger partial charge on any atom is 0.407 e. The van der Waals surface area contributed by atoms with Crippen LogP contribution in [0.15, 0.2) is 48.5 Å². The van der Waals surface area contributed by atoms with Crippen molar-refractivity contribution in [2.75, 3.05) is 13.2 Å². The van der Waals surface area contributed by atoms with Crippen molar-refractivity contribution in [3.63, 3.8) is 0 Å². The van der Waals surface area contributed by atoms with Crippen LogP contribution >= 0.6 is 0 Å². The van der Waals surface area contributed by atoms with Gasteiger partial charge in [0.15, 0.2) is 0 Å². The summed E-state index contributed by atoms with van der Waals surface area (Å²) in [4.78, 5) is 36.2. The van der Waals surface area contributed by atoms with Gasteiger partial charge in [0.25, 0.3) is 0 Å². The van der Waals surface area contributed by atoms with Gasteiger partial charge in [0.2, 0.25) is 5.91 Å². The molecule has 3 rings (SSSR count). The molecule has 2 amide bonds. The molecule has 35 heavy (non-hydrogen) atoms. The van der Waals surface area contributed by atoms with Gasteiger partial charge in [0.1, 0.15) is 12.6 Å². The maximum atomic E-state index is 12.7. The van der Waals surface area contributed by atoms with Gasteiger partial charge in [-0.2, -0.15) is 0 Å². The Kier molecular flexibility index (Phi) is 8.90. The van der Waals surface area contributed by atoms with Gasteiger partial charge in [-0.3, -0.25) is 9.59 Å². The molecule has 0 spiro atoms. The van der Waals surface area contributed by atoms with E-state index in [9.17, 15) is 14.4 Å². The van der Waals surface area contributed by atoms with Crippen molar-refractivity contribution >= 4 is 18.0 Å². The first-order valence-electron chi connectivity index (χ1n) is 12.3. The summed E-state index contributed by atoms with van der Waals surface area (Å²) < 4.78 is 5.59. The Balaban J connectivity index is 1.53. The van der Waals surface area contributed by atoms with Gasteiger partial charge in [-0.15, -0.1) is 0 Å². The number of hydrogen-bond acceptors (Lipinski definition) is 4. The fourth-order valence-corrected chi connectivity index (χ4v) is 4.56. The zero-order chi connectivity index (χ0) is 25.4. The van der Waals surface area contributed by atoms with Gasteiger partial charge in [-0.05, 0) is 46.9 Å².